The lowest BCUT2D eigenvalue weighted by atomic mass is 10.2. The third kappa shape index (κ3) is 4.83. The van der Waals surface area contributed by atoms with Gasteiger partial charge >= 0.3 is 6.18 Å². The zero-order valence-electron chi connectivity index (χ0n) is 12.8. The molecule has 2 aromatic heterocycles. The molecule has 126 valence electrons. The van der Waals surface area contributed by atoms with Gasteiger partial charge < -0.3 is 9.88 Å². The van der Waals surface area contributed by atoms with Crippen LogP contribution in [0.5, 0.6) is 0 Å². The summed E-state index contributed by atoms with van der Waals surface area (Å²) in [5.74, 6) is -0.412. The Labute approximate surface area is 131 Å². The second-order valence-electron chi connectivity index (χ2n) is 5.50. The monoisotopic (exact) mass is 329 g/mol. The van der Waals surface area contributed by atoms with Crippen LogP contribution in [0.2, 0.25) is 0 Å². The minimum Gasteiger partial charge on any atom is -0.354 e. The number of nitrogens with zero attached hydrogens (tertiary/aromatic N) is 4. The van der Waals surface area contributed by atoms with Crippen molar-refractivity contribution in [3.63, 3.8) is 0 Å². The second-order valence-corrected chi connectivity index (χ2v) is 5.50. The number of rotatable bonds is 6. The fourth-order valence-electron chi connectivity index (χ4n) is 2.16. The Morgan fingerprint density at radius 3 is 2.78 bits per heavy atom. The number of amides is 1. The summed E-state index contributed by atoms with van der Waals surface area (Å²) in [4.78, 5) is 15.6. The molecule has 1 amide bonds. The number of halogens is 3. The molecule has 2 aromatic rings. The molecule has 9 heteroatoms. The van der Waals surface area contributed by atoms with Gasteiger partial charge in [-0.2, -0.15) is 18.3 Å². The summed E-state index contributed by atoms with van der Waals surface area (Å²) >= 11 is 0. The molecular formula is C14H18F3N5O. The fourth-order valence-corrected chi connectivity index (χ4v) is 2.16. The number of carbonyl (C=O) groups is 1. The van der Waals surface area contributed by atoms with Crippen molar-refractivity contribution in [1.82, 2.24) is 24.6 Å². The molecule has 1 N–H and O–H groups in total. The lowest BCUT2D eigenvalue weighted by Gasteiger charge is -2.16. The average molecular weight is 329 g/mol. The van der Waals surface area contributed by atoms with E-state index in [1.165, 1.54) is 13.3 Å². The third-order valence-corrected chi connectivity index (χ3v) is 3.21. The first-order valence-corrected chi connectivity index (χ1v) is 7.10. The highest BCUT2D eigenvalue weighted by molar-refractivity contribution is 5.75. The molecule has 1 unspecified atom stereocenters. The molecule has 0 saturated carbocycles. The maximum atomic E-state index is 12.9. The van der Waals surface area contributed by atoms with Crippen LogP contribution in [0.1, 0.15) is 18.3 Å². The number of hydrogen-bond acceptors (Lipinski definition) is 3. The molecule has 0 fully saturated rings. The van der Waals surface area contributed by atoms with Gasteiger partial charge in [0.25, 0.3) is 0 Å². The fraction of sp³-hybridized carbons (Fsp3) is 0.500. The highest BCUT2D eigenvalue weighted by atomic mass is 19.4. The molecule has 6 nitrogen and oxygen atoms in total. The Bertz CT molecular complexity index is 648. The quantitative estimate of drug-likeness (QED) is 0.880. The Hall–Kier alpha value is -2.32. The Morgan fingerprint density at radius 1 is 1.43 bits per heavy atom. The van der Waals surface area contributed by atoms with Gasteiger partial charge in [-0.15, -0.1) is 0 Å². The molecule has 0 spiro atoms. The lowest BCUT2D eigenvalue weighted by Crippen LogP contribution is -2.33. The van der Waals surface area contributed by atoms with Crippen molar-refractivity contribution in [2.75, 3.05) is 6.54 Å². The highest BCUT2D eigenvalue weighted by Gasteiger charge is 2.35. The van der Waals surface area contributed by atoms with Crippen LogP contribution in [-0.4, -0.2) is 31.8 Å². The van der Waals surface area contributed by atoms with Crippen molar-refractivity contribution < 1.29 is 18.0 Å². The number of aromatic nitrogens is 4. The minimum atomic E-state index is -4.44. The standard InChI is InChI=1S/C14H18F3N5O/c1-10(6-19-13(23)8-21-4-3-18-9-21)7-22-12(14(15,16)17)5-11(2)20-22/h3-5,9-10H,6-8H2,1-2H3,(H,19,23). The van der Waals surface area contributed by atoms with Gasteiger partial charge in [-0.25, -0.2) is 4.98 Å². The topological polar surface area (TPSA) is 64.7 Å². The van der Waals surface area contributed by atoms with Crippen molar-refractivity contribution >= 4 is 5.91 Å². The number of aryl methyl sites for hydroxylation is 1. The first-order valence-electron chi connectivity index (χ1n) is 7.10. The summed E-state index contributed by atoms with van der Waals surface area (Å²) in [6.45, 7) is 3.75. The Balaban J connectivity index is 1.87. The van der Waals surface area contributed by atoms with E-state index in [4.69, 9.17) is 0 Å². The zero-order valence-corrected chi connectivity index (χ0v) is 12.8. The van der Waals surface area contributed by atoms with Crippen LogP contribution in [0.25, 0.3) is 0 Å². The van der Waals surface area contributed by atoms with Crippen molar-refractivity contribution in [3.8, 4) is 0 Å². The molecule has 2 rings (SSSR count). The van der Waals surface area contributed by atoms with E-state index in [-0.39, 0.29) is 31.5 Å². The molecular weight excluding hydrogens is 311 g/mol. The predicted octanol–water partition coefficient (Wildman–Crippen LogP) is 1.86. The average Bonchev–Trinajstić information content (AvgIpc) is 3.05. The van der Waals surface area contributed by atoms with Gasteiger partial charge in [-0.3, -0.25) is 9.48 Å². The van der Waals surface area contributed by atoms with Crippen molar-refractivity contribution in [3.05, 3.63) is 36.2 Å². The van der Waals surface area contributed by atoms with E-state index in [9.17, 15) is 18.0 Å². The van der Waals surface area contributed by atoms with E-state index < -0.39 is 11.9 Å². The first kappa shape index (κ1) is 17.0. The summed E-state index contributed by atoms with van der Waals surface area (Å²) in [6.07, 6.45) is 0.302. The molecule has 23 heavy (non-hydrogen) atoms. The van der Waals surface area contributed by atoms with Gasteiger partial charge in [0.2, 0.25) is 5.91 Å². The molecule has 0 aliphatic carbocycles. The van der Waals surface area contributed by atoms with Crippen LogP contribution >= 0.6 is 0 Å². The van der Waals surface area contributed by atoms with E-state index in [0.29, 0.717) is 5.69 Å². The number of hydrogen-bond donors (Lipinski definition) is 1. The SMILES string of the molecule is Cc1cc(C(F)(F)F)n(CC(C)CNC(=O)Cn2ccnc2)n1. The maximum Gasteiger partial charge on any atom is 0.433 e. The van der Waals surface area contributed by atoms with Crippen LogP contribution in [-0.2, 0) is 24.1 Å². The normalized spacial score (nSPS) is 13.1. The minimum absolute atomic E-state index is 0.0774. The Kier molecular flexibility index (Phi) is 5.07. The summed E-state index contributed by atoms with van der Waals surface area (Å²) in [7, 11) is 0. The van der Waals surface area contributed by atoms with E-state index in [2.05, 4.69) is 15.4 Å². The zero-order chi connectivity index (χ0) is 17.0. The van der Waals surface area contributed by atoms with Gasteiger partial charge in [0.05, 0.1) is 12.0 Å². The van der Waals surface area contributed by atoms with Gasteiger partial charge in [0, 0.05) is 25.5 Å². The maximum absolute atomic E-state index is 12.9. The van der Waals surface area contributed by atoms with Crippen LogP contribution in [0.3, 0.4) is 0 Å². The summed E-state index contributed by atoms with van der Waals surface area (Å²) in [5, 5.41) is 6.57. The van der Waals surface area contributed by atoms with Crippen molar-refractivity contribution in [2.24, 2.45) is 5.92 Å². The van der Waals surface area contributed by atoms with Crippen LogP contribution in [0.4, 0.5) is 13.2 Å². The Morgan fingerprint density at radius 2 is 2.17 bits per heavy atom. The van der Waals surface area contributed by atoms with E-state index in [1.54, 1.807) is 23.9 Å². The van der Waals surface area contributed by atoms with Gasteiger partial charge in [0.15, 0.2) is 0 Å². The van der Waals surface area contributed by atoms with E-state index >= 15 is 0 Å². The number of carbonyl (C=O) groups excluding carboxylic acids is 1. The molecule has 0 aliphatic rings. The molecule has 0 saturated heterocycles. The van der Waals surface area contributed by atoms with Gasteiger partial charge in [-0.05, 0) is 18.9 Å². The molecule has 2 heterocycles. The molecule has 0 bridgehead atoms. The molecule has 0 aliphatic heterocycles. The molecule has 0 aromatic carbocycles. The first-order chi connectivity index (χ1) is 10.8. The van der Waals surface area contributed by atoms with Crippen LogP contribution < -0.4 is 5.32 Å². The smallest absolute Gasteiger partial charge is 0.354 e. The third-order valence-electron chi connectivity index (χ3n) is 3.21. The number of nitrogens with one attached hydrogen (secondary N) is 1. The molecule has 0 radical (unpaired) electrons. The van der Waals surface area contributed by atoms with Gasteiger partial charge in [-0.1, -0.05) is 6.92 Å². The van der Waals surface area contributed by atoms with Crippen LogP contribution in [0, 0.1) is 12.8 Å². The van der Waals surface area contributed by atoms with E-state index in [0.717, 1.165) is 10.7 Å². The van der Waals surface area contributed by atoms with Crippen LogP contribution in [0.15, 0.2) is 24.8 Å². The van der Waals surface area contributed by atoms with E-state index in [1.807, 2.05) is 0 Å². The highest BCUT2D eigenvalue weighted by Crippen LogP contribution is 2.30. The second kappa shape index (κ2) is 6.84. The number of alkyl halides is 3. The summed E-state index contributed by atoms with van der Waals surface area (Å²) < 4.78 is 41.3. The van der Waals surface area contributed by atoms with Crippen molar-refractivity contribution in [2.45, 2.75) is 33.1 Å². The number of imidazole rings is 1. The predicted molar refractivity (Wildman–Crippen MR) is 76.4 cm³/mol. The largest absolute Gasteiger partial charge is 0.433 e. The lowest BCUT2D eigenvalue weighted by molar-refractivity contribution is -0.144. The molecule has 1 atom stereocenters. The summed E-state index contributed by atoms with van der Waals surface area (Å²) in [6, 6.07) is 1.02. The summed E-state index contributed by atoms with van der Waals surface area (Å²) in [5.41, 5.74) is -0.458. The van der Waals surface area contributed by atoms with Crippen molar-refractivity contribution in [1.29, 1.82) is 0 Å². The van der Waals surface area contributed by atoms with Gasteiger partial charge in [0.1, 0.15) is 12.2 Å².